The molecule has 1 aromatic heterocycles. The Morgan fingerprint density at radius 2 is 2.04 bits per heavy atom. The first-order valence-corrected chi connectivity index (χ1v) is 11.4. The van der Waals surface area contributed by atoms with Crippen molar-refractivity contribution in [3.63, 3.8) is 0 Å². The van der Waals surface area contributed by atoms with Crippen molar-refractivity contribution in [1.29, 1.82) is 0 Å². The van der Waals surface area contributed by atoms with Gasteiger partial charge in [0.05, 0.1) is 24.6 Å². The minimum Gasteiger partial charge on any atom is -0.468 e. The van der Waals surface area contributed by atoms with E-state index in [1.54, 1.807) is 13.2 Å². The summed E-state index contributed by atoms with van der Waals surface area (Å²) in [4.78, 5) is 7.12. The highest BCUT2D eigenvalue weighted by Crippen LogP contribution is 2.25. The lowest BCUT2D eigenvalue weighted by molar-refractivity contribution is 0.150. The molecule has 2 N–H and O–H groups in total. The van der Waals surface area contributed by atoms with Gasteiger partial charge >= 0.3 is 0 Å². The van der Waals surface area contributed by atoms with Crippen LogP contribution in [0, 0.1) is 0 Å². The van der Waals surface area contributed by atoms with E-state index in [1.165, 1.54) is 19.3 Å². The minimum absolute atomic E-state index is 0.111. The van der Waals surface area contributed by atoms with Crippen LogP contribution >= 0.6 is 0 Å². The third-order valence-corrected chi connectivity index (χ3v) is 6.32. The Hall–Kier alpha value is -1.54. The van der Waals surface area contributed by atoms with E-state index < -0.39 is 9.84 Å². The van der Waals surface area contributed by atoms with Crippen molar-refractivity contribution in [2.45, 2.75) is 39.2 Å². The van der Waals surface area contributed by atoms with Gasteiger partial charge in [-0.1, -0.05) is 13.3 Å². The molecule has 8 heteroatoms. The standard InChI is InChI=1S/C18H32N4O3S/c1-3-19-18(20-10-14-26(23,24)4-2)21-15-16(17-9-8-13-25-17)22-11-6-5-7-12-22/h8-9,13,16H,3-7,10-12,14-15H2,1-2H3,(H2,19,20,21). The lowest BCUT2D eigenvalue weighted by Gasteiger charge is -2.32. The minimum atomic E-state index is -2.98. The SMILES string of the molecule is CCNC(=NCC(c1ccco1)N1CCCCC1)NCCS(=O)(=O)CC. The molecule has 7 nitrogen and oxygen atoms in total. The Morgan fingerprint density at radius 3 is 2.65 bits per heavy atom. The lowest BCUT2D eigenvalue weighted by atomic mass is 10.1. The molecular formula is C18H32N4O3S. The zero-order valence-electron chi connectivity index (χ0n) is 15.9. The smallest absolute Gasteiger partial charge is 0.191 e. The molecule has 0 spiro atoms. The molecule has 0 amide bonds. The second-order valence-corrected chi connectivity index (χ2v) is 8.98. The summed E-state index contributed by atoms with van der Waals surface area (Å²) < 4.78 is 28.9. The average molecular weight is 385 g/mol. The van der Waals surface area contributed by atoms with Gasteiger partial charge in [-0.05, 0) is 45.0 Å². The van der Waals surface area contributed by atoms with E-state index in [2.05, 4.69) is 20.5 Å². The van der Waals surface area contributed by atoms with E-state index in [-0.39, 0.29) is 17.5 Å². The predicted octanol–water partition coefficient (Wildman–Crippen LogP) is 1.80. The van der Waals surface area contributed by atoms with Crippen LogP contribution in [0.3, 0.4) is 0 Å². The van der Waals surface area contributed by atoms with Crippen molar-refractivity contribution >= 4 is 15.8 Å². The molecule has 1 aliphatic heterocycles. The number of sulfone groups is 1. The van der Waals surface area contributed by atoms with Crippen LogP contribution in [0.2, 0.25) is 0 Å². The Balaban J connectivity index is 2.01. The maximum absolute atomic E-state index is 11.6. The summed E-state index contributed by atoms with van der Waals surface area (Å²) in [7, 11) is -2.98. The summed E-state index contributed by atoms with van der Waals surface area (Å²) in [5, 5.41) is 6.31. The van der Waals surface area contributed by atoms with Crippen molar-refractivity contribution in [2.75, 3.05) is 44.2 Å². The molecule has 2 rings (SSSR count). The average Bonchev–Trinajstić information content (AvgIpc) is 3.17. The first kappa shape index (κ1) is 20.8. The number of likely N-dealkylation sites (tertiary alicyclic amines) is 1. The first-order chi connectivity index (χ1) is 12.6. The number of nitrogens with one attached hydrogen (secondary N) is 2. The summed E-state index contributed by atoms with van der Waals surface area (Å²) in [5.74, 6) is 1.85. The maximum atomic E-state index is 11.6. The van der Waals surface area contributed by atoms with Gasteiger partial charge in [0.2, 0.25) is 0 Å². The van der Waals surface area contributed by atoms with Crippen LogP contribution in [-0.2, 0) is 9.84 Å². The van der Waals surface area contributed by atoms with Gasteiger partial charge in [-0.15, -0.1) is 0 Å². The Kier molecular flexibility index (Phi) is 8.44. The number of guanidine groups is 1. The molecule has 26 heavy (non-hydrogen) atoms. The normalized spacial score (nSPS) is 17.8. The first-order valence-electron chi connectivity index (χ1n) is 9.55. The number of hydrogen-bond donors (Lipinski definition) is 2. The summed E-state index contributed by atoms with van der Waals surface area (Å²) >= 11 is 0. The van der Waals surface area contributed by atoms with Crippen LogP contribution in [-0.4, -0.2) is 63.5 Å². The molecule has 0 bridgehead atoms. The third-order valence-electron chi connectivity index (χ3n) is 4.61. The van der Waals surface area contributed by atoms with Gasteiger partial charge in [0.1, 0.15) is 5.76 Å². The van der Waals surface area contributed by atoms with Crippen LogP contribution in [0.1, 0.15) is 44.9 Å². The van der Waals surface area contributed by atoms with Gasteiger partial charge in [-0.3, -0.25) is 9.89 Å². The number of nitrogens with zero attached hydrogens (tertiary/aromatic N) is 2. The molecule has 2 heterocycles. The molecule has 1 aromatic rings. The molecular weight excluding hydrogens is 352 g/mol. The summed E-state index contributed by atoms with van der Waals surface area (Å²) in [6.45, 7) is 7.43. The van der Waals surface area contributed by atoms with Gasteiger partial charge in [-0.25, -0.2) is 8.42 Å². The van der Waals surface area contributed by atoms with Gasteiger partial charge in [0, 0.05) is 18.8 Å². The predicted molar refractivity (Wildman–Crippen MR) is 105 cm³/mol. The van der Waals surface area contributed by atoms with E-state index in [9.17, 15) is 8.42 Å². The molecule has 0 saturated carbocycles. The van der Waals surface area contributed by atoms with Crippen LogP contribution in [0.5, 0.6) is 0 Å². The van der Waals surface area contributed by atoms with Crippen molar-refractivity contribution in [1.82, 2.24) is 15.5 Å². The highest BCUT2D eigenvalue weighted by Gasteiger charge is 2.24. The zero-order chi connectivity index (χ0) is 18.8. The number of rotatable bonds is 9. The van der Waals surface area contributed by atoms with Crippen molar-refractivity contribution in [2.24, 2.45) is 4.99 Å². The zero-order valence-corrected chi connectivity index (χ0v) is 16.7. The quantitative estimate of drug-likeness (QED) is 0.499. The largest absolute Gasteiger partial charge is 0.468 e. The highest BCUT2D eigenvalue weighted by atomic mass is 32.2. The van der Waals surface area contributed by atoms with E-state index in [4.69, 9.17) is 4.42 Å². The second kappa shape index (κ2) is 10.6. The van der Waals surface area contributed by atoms with Gasteiger partial charge in [0.25, 0.3) is 0 Å². The van der Waals surface area contributed by atoms with Gasteiger partial charge in [0.15, 0.2) is 15.8 Å². The van der Waals surface area contributed by atoms with Crippen molar-refractivity contribution in [3.8, 4) is 0 Å². The molecule has 0 radical (unpaired) electrons. The molecule has 1 saturated heterocycles. The van der Waals surface area contributed by atoms with E-state index >= 15 is 0 Å². The van der Waals surface area contributed by atoms with E-state index in [0.29, 0.717) is 19.0 Å². The third kappa shape index (κ3) is 6.64. The van der Waals surface area contributed by atoms with Crippen LogP contribution in [0.25, 0.3) is 0 Å². The number of aliphatic imine (C=N–C) groups is 1. The number of piperidine rings is 1. The highest BCUT2D eigenvalue weighted by molar-refractivity contribution is 7.91. The second-order valence-electron chi connectivity index (χ2n) is 6.51. The summed E-state index contributed by atoms with van der Waals surface area (Å²) in [6.07, 6.45) is 5.39. The number of hydrogen-bond acceptors (Lipinski definition) is 5. The van der Waals surface area contributed by atoms with Crippen molar-refractivity contribution < 1.29 is 12.8 Å². The van der Waals surface area contributed by atoms with E-state index in [0.717, 1.165) is 25.4 Å². The van der Waals surface area contributed by atoms with Crippen LogP contribution in [0.4, 0.5) is 0 Å². The number of furan rings is 1. The molecule has 148 valence electrons. The lowest BCUT2D eigenvalue weighted by Crippen LogP contribution is -2.41. The molecule has 0 aromatic carbocycles. The van der Waals surface area contributed by atoms with Crippen molar-refractivity contribution in [3.05, 3.63) is 24.2 Å². The molecule has 1 aliphatic rings. The Labute approximate surface area is 157 Å². The fourth-order valence-electron chi connectivity index (χ4n) is 3.09. The molecule has 1 fully saturated rings. The van der Waals surface area contributed by atoms with Crippen LogP contribution in [0.15, 0.2) is 27.8 Å². The maximum Gasteiger partial charge on any atom is 0.191 e. The Bertz CT molecular complexity index is 637. The molecule has 0 aliphatic carbocycles. The molecule has 1 atom stereocenters. The van der Waals surface area contributed by atoms with Crippen LogP contribution < -0.4 is 10.6 Å². The monoisotopic (exact) mass is 384 g/mol. The fraction of sp³-hybridized carbons (Fsp3) is 0.722. The van der Waals surface area contributed by atoms with Gasteiger partial charge < -0.3 is 15.1 Å². The summed E-state index contributed by atoms with van der Waals surface area (Å²) in [5.41, 5.74) is 0. The summed E-state index contributed by atoms with van der Waals surface area (Å²) in [6, 6.07) is 4.03. The fourth-order valence-corrected chi connectivity index (χ4v) is 3.79. The Morgan fingerprint density at radius 1 is 1.27 bits per heavy atom. The van der Waals surface area contributed by atoms with E-state index in [1.807, 2.05) is 19.1 Å². The molecule has 1 unspecified atom stereocenters. The topological polar surface area (TPSA) is 86.9 Å². The van der Waals surface area contributed by atoms with Gasteiger partial charge in [-0.2, -0.15) is 0 Å².